The number of aliphatic carboxylic acids is 1. The van der Waals surface area contributed by atoms with Crippen molar-refractivity contribution in [2.75, 3.05) is 13.7 Å². The molecule has 11 nitrogen and oxygen atoms in total. The molecular formula is C40H68O11. The van der Waals surface area contributed by atoms with Gasteiger partial charge in [-0.25, -0.2) is 0 Å². The van der Waals surface area contributed by atoms with Crippen LogP contribution in [0.4, 0.5) is 0 Å². The summed E-state index contributed by atoms with van der Waals surface area (Å²) in [5.74, 6) is -3.26. The highest BCUT2D eigenvalue weighted by Gasteiger charge is 2.65. The molecule has 0 saturated carbocycles. The number of carboxylic acid groups (broad SMARTS) is 1. The van der Waals surface area contributed by atoms with Crippen molar-refractivity contribution in [3.8, 4) is 0 Å². The highest BCUT2D eigenvalue weighted by molar-refractivity contribution is 5.70. The number of carboxylic acids is 1. The van der Waals surface area contributed by atoms with Crippen molar-refractivity contribution in [1.82, 2.24) is 0 Å². The highest BCUT2D eigenvalue weighted by atomic mass is 16.7. The number of aliphatic hydroxyl groups excluding tert-OH is 1. The van der Waals surface area contributed by atoms with Gasteiger partial charge in [0.15, 0.2) is 11.6 Å². The van der Waals surface area contributed by atoms with E-state index in [1.54, 1.807) is 14.0 Å². The Hall–Kier alpha value is -0.890. The zero-order valence-electron chi connectivity index (χ0n) is 32.8. The number of rotatable bonds is 9. The lowest BCUT2D eigenvalue weighted by molar-refractivity contribution is -0.353. The quantitative estimate of drug-likeness (QED) is 0.269. The van der Waals surface area contributed by atoms with Crippen LogP contribution in [0.5, 0.6) is 0 Å². The van der Waals surface area contributed by atoms with Crippen molar-refractivity contribution in [2.45, 2.75) is 192 Å². The molecule has 0 aliphatic carbocycles. The Labute approximate surface area is 305 Å². The third-order valence-electron chi connectivity index (χ3n) is 14.4. The van der Waals surface area contributed by atoms with Gasteiger partial charge in [0.2, 0.25) is 0 Å². The molecule has 0 aromatic heterocycles. The lowest BCUT2D eigenvalue weighted by Gasteiger charge is -2.50. The normalized spacial score (nSPS) is 54.2. The second kappa shape index (κ2) is 14.6. The number of hydrogen-bond donors (Lipinski definition) is 3. The molecule has 0 bridgehead atoms. The van der Waals surface area contributed by atoms with E-state index in [0.717, 1.165) is 51.4 Å². The van der Waals surface area contributed by atoms with E-state index in [4.69, 9.17) is 33.2 Å². The van der Waals surface area contributed by atoms with Gasteiger partial charge >= 0.3 is 5.97 Å². The standard InChI is InChI=1S/C40H68O11/c1-21-11-12-28(46-33(21)26(6)36(42)43)17-29-18-30(45-10)27(7)40(48-29)25(5)19-38(9,51-40)32-13-14-37(8,49-32)35-23(3)16-31(47-35)34-22(2)15-24(4)39(44,20-41)50-34/h21-35,41,44H,11-20H2,1-10H3,(H,42,43)/t21-,22+,23+,24-,25+,26+,27+,28-,29-,30+,31-,32-,33+,34+,35+,37+,38-,39+,40+/m0/s1. The molecule has 6 saturated heterocycles. The van der Waals surface area contributed by atoms with Crippen LogP contribution in [0.15, 0.2) is 0 Å². The third kappa shape index (κ3) is 7.19. The molecule has 0 aromatic rings. The van der Waals surface area contributed by atoms with E-state index in [9.17, 15) is 20.1 Å². The predicted octanol–water partition coefficient (Wildman–Crippen LogP) is 5.71. The van der Waals surface area contributed by atoms with E-state index in [2.05, 4.69) is 48.5 Å². The summed E-state index contributed by atoms with van der Waals surface area (Å²) in [7, 11) is 1.77. The lowest BCUT2D eigenvalue weighted by atomic mass is 9.78. The fourth-order valence-electron chi connectivity index (χ4n) is 11.3. The first-order valence-electron chi connectivity index (χ1n) is 20.0. The van der Waals surface area contributed by atoms with Crippen LogP contribution in [0, 0.1) is 41.4 Å². The van der Waals surface area contributed by atoms with Gasteiger partial charge < -0.3 is 48.5 Å². The van der Waals surface area contributed by atoms with E-state index < -0.39 is 41.3 Å². The van der Waals surface area contributed by atoms with E-state index in [-0.39, 0.29) is 84.3 Å². The van der Waals surface area contributed by atoms with Gasteiger partial charge in [-0.3, -0.25) is 4.79 Å². The molecule has 0 unspecified atom stereocenters. The first-order valence-corrected chi connectivity index (χ1v) is 20.0. The van der Waals surface area contributed by atoms with Crippen LogP contribution in [0.2, 0.25) is 0 Å². The summed E-state index contributed by atoms with van der Waals surface area (Å²) < 4.78 is 47.0. The maximum Gasteiger partial charge on any atom is 0.308 e. The van der Waals surface area contributed by atoms with Crippen molar-refractivity contribution in [3.63, 3.8) is 0 Å². The fraction of sp³-hybridized carbons (Fsp3) is 0.975. The Morgan fingerprint density at radius 1 is 0.863 bits per heavy atom. The average molecular weight is 725 g/mol. The first kappa shape index (κ1) is 39.8. The maximum absolute atomic E-state index is 11.8. The Morgan fingerprint density at radius 2 is 1.59 bits per heavy atom. The second-order valence-corrected chi connectivity index (χ2v) is 18.4. The molecule has 6 aliphatic heterocycles. The number of hydrogen-bond acceptors (Lipinski definition) is 10. The SMILES string of the molecule is CO[C@@H]1C[C@H](C[C@@H]2CC[C@H](C)[C@H]([C@@H](C)C(=O)O)O2)O[C@]2(O[C@](C)([C@@H]3CC[C@](C)([C@@H]4O[C@H]([C@@H]5O[C@](O)(CO)[C@@H](C)C[C@H]5C)C[C@H]4C)O3)C[C@H]2C)[C@@H]1C. The molecule has 3 N–H and O–H groups in total. The van der Waals surface area contributed by atoms with Crippen LogP contribution in [-0.2, 0) is 38.0 Å². The van der Waals surface area contributed by atoms with Gasteiger partial charge in [0.25, 0.3) is 0 Å². The van der Waals surface area contributed by atoms with Gasteiger partial charge in [-0.2, -0.15) is 0 Å². The molecular weight excluding hydrogens is 656 g/mol. The van der Waals surface area contributed by atoms with E-state index >= 15 is 0 Å². The molecule has 1 spiro atoms. The zero-order chi connectivity index (χ0) is 37.3. The van der Waals surface area contributed by atoms with Crippen molar-refractivity contribution in [1.29, 1.82) is 0 Å². The molecule has 6 rings (SSSR count). The van der Waals surface area contributed by atoms with E-state index in [1.807, 2.05) is 6.92 Å². The summed E-state index contributed by atoms with van der Waals surface area (Å²) in [6.45, 7) is 18.4. The van der Waals surface area contributed by atoms with E-state index in [0.29, 0.717) is 6.42 Å². The number of aliphatic hydroxyl groups is 2. The van der Waals surface area contributed by atoms with Crippen molar-refractivity contribution in [2.24, 2.45) is 41.4 Å². The smallest absolute Gasteiger partial charge is 0.308 e. The van der Waals surface area contributed by atoms with Crippen LogP contribution in [0.3, 0.4) is 0 Å². The minimum Gasteiger partial charge on any atom is -0.481 e. The molecule has 6 aliphatic rings. The molecule has 6 heterocycles. The monoisotopic (exact) mass is 724 g/mol. The summed E-state index contributed by atoms with van der Waals surface area (Å²) in [5.41, 5.74) is -1.10. The molecule has 0 aromatic carbocycles. The minimum atomic E-state index is -1.55. The van der Waals surface area contributed by atoms with Crippen LogP contribution >= 0.6 is 0 Å². The number of ether oxygens (including phenoxy) is 7. The molecule has 6 fully saturated rings. The second-order valence-electron chi connectivity index (χ2n) is 18.4. The fourth-order valence-corrected chi connectivity index (χ4v) is 11.3. The number of methoxy groups -OCH3 is 1. The van der Waals surface area contributed by atoms with Crippen molar-refractivity contribution in [3.05, 3.63) is 0 Å². The Balaban J connectivity index is 1.13. The predicted molar refractivity (Wildman–Crippen MR) is 189 cm³/mol. The number of carbonyl (C=O) groups is 1. The van der Waals surface area contributed by atoms with Gasteiger partial charge in [0.1, 0.15) is 0 Å². The van der Waals surface area contributed by atoms with Crippen LogP contribution in [0.1, 0.15) is 120 Å². The highest BCUT2D eigenvalue weighted by Crippen LogP contribution is 2.57. The Morgan fingerprint density at radius 3 is 2.25 bits per heavy atom. The molecule has 0 radical (unpaired) electrons. The van der Waals surface area contributed by atoms with Crippen LogP contribution in [-0.4, -0.2) is 107 Å². The molecule has 19 atom stereocenters. The molecule has 294 valence electrons. The minimum absolute atomic E-state index is 0.00727. The topological polar surface area (TPSA) is 142 Å². The van der Waals surface area contributed by atoms with E-state index in [1.165, 1.54) is 0 Å². The summed E-state index contributed by atoms with van der Waals surface area (Å²) in [4.78, 5) is 11.8. The summed E-state index contributed by atoms with van der Waals surface area (Å²) in [5, 5.41) is 30.7. The molecule has 51 heavy (non-hydrogen) atoms. The average Bonchev–Trinajstić information content (AvgIpc) is 3.75. The molecule has 11 heteroatoms. The molecule has 0 amide bonds. The summed E-state index contributed by atoms with van der Waals surface area (Å²) >= 11 is 0. The van der Waals surface area contributed by atoms with Gasteiger partial charge in [0.05, 0.1) is 72.6 Å². The third-order valence-corrected chi connectivity index (χ3v) is 14.4. The Kier molecular flexibility index (Phi) is 11.4. The first-order chi connectivity index (χ1) is 23.9. The Bertz CT molecular complexity index is 1230. The van der Waals surface area contributed by atoms with Crippen molar-refractivity contribution >= 4 is 5.97 Å². The van der Waals surface area contributed by atoms with Gasteiger partial charge in [-0.1, -0.05) is 41.5 Å². The van der Waals surface area contributed by atoms with Gasteiger partial charge in [-0.15, -0.1) is 0 Å². The van der Waals surface area contributed by atoms with Crippen molar-refractivity contribution < 1.29 is 53.3 Å². The largest absolute Gasteiger partial charge is 0.481 e. The lowest BCUT2D eigenvalue weighted by Crippen LogP contribution is -2.58. The summed E-state index contributed by atoms with van der Waals surface area (Å²) in [6.07, 6.45) is 5.85. The van der Waals surface area contributed by atoms with Gasteiger partial charge in [0, 0.05) is 37.7 Å². The summed E-state index contributed by atoms with van der Waals surface area (Å²) in [6, 6.07) is 0. The maximum atomic E-state index is 11.8. The van der Waals surface area contributed by atoms with Gasteiger partial charge in [-0.05, 0) is 83.5 Å². The van der Waals surface area contributed by atoms with Crippen LogP contribution < -0.4 is 0 Å². The zero-order valence-corrected chi connectivity index (χ0v) is 32.8. The van der Waals surface area contributed by atoms with Crippen LogP contribution in [0.25, 0.3) is 0 Å².